The Hall–Kier alpha value is -1.82. The lowest BCUT2D eigenvalue weighted by Crippen LogP contribution is -2.49. The average Bonchev–Trinajstić information content (AvgIpc) is 3.16. The highest BCUT2D eigenvalue weighted by atomic mass is 16.3. The molecule has 1 fully saturated rings. The standard InChI is InChI=1S/C18H29N3O3/c1-3-5-8-21(18(23)16-7-14-24-15-16)9-6-17(22)20-12-10-19(4-2)11-13-20/h7,14-15H,3-6,8-13H2,1-2H3. The van der Waals surface area contributed by atoms with Crippen LogP contribution in [0.15, 0.2) is 23.0 Å². The third kappa shape index (κ3) is 5.09. The van der Waals surface area contributed by atoms with E-state index in [9.17, 15) is 9.59 Å². The van der Waals surface area contributed by atoms with Crippen LogP contribution in [0, 0.1) is 0 Å². The SMILES string of the molecule is CCCCN(CCC(=O)N1CCN(CC)CC1)C(=O)c1ccoc1. The molecule has 2 amide bonds. The first-order valence-corrected chi connectivity index (χ1v) is 8.97. The molecule has 0 N–H and O–H groups in total. The van der Waals surface area contributed by atoms with Crippen LogP contribution < -0.4 is 0 Å². The summed E-state index contributed by atoms with van der Waals surface area (Å²) in [6.07, 6.45) is 5.31. The van der Waals surface area contributed by atoms with Gasteiger partial charge in [-0.3, -0.25) is 9.59 Å². The van der Waals surface area contributed by atoms with Crippen molar-refractivity contribution in [1.29, 1.82) is 0 Å². The van der Waals surface area contributed by atoms with Crippen LogP contribution in [0.3, 0.4) is 0 Å². The molecule has 0 saturated carbocycles. The van der Waals surface area contributed by atoms with Crippen LogP contribution in [0.25, 0.3) is 0 Å². The third-order valence-corrected chi connectivity index (χ3v) is 4.60. The van der Waals surface area contributed by atoms with Crippen LogP contribution >= 0.6 is 0 Å². The van der Waals surface area contributed by atoms with E-state index in [-0.39, 0.29) is 11.8 Å². The number of carbonyl (C=O) groups excluding carboxylic acids is 2. The third-order valence-electron chi connectivity index (χ3n) is 4.60. The van der Waals surface area contributed by atoms with Gasteiger partial charge in [0.2, 0.25) is 5.91 Å². The second-order valence-corrected chi connectivity index (χ2v) is 6.22. The van der Waals surface area contributed by atoms with Gasteiger partial charge in [-0.15, -0.1) is 0 Å². The largest absolute Gasteiger partial charge is 0.472 e. The summed E-state index contributed by atoms with van der Waals surface area (Å²) < 4.78 is 5.00. The van der Waals surface area contributed by atoms with Crippen molar-refractivity contribution in [3.63, 3.8) is 0 Å². The lowest BCUT2D eigenvalue weighted by Gasteiger charge is -2.34. The van der Waals surface area contributed by atoms with Crippen LogP contribution in [0.2, 0.25) is 0 Å². The van der Waals surface area contributed by atoms with E-state index in [2.05, 4.69) is 18.7 Å². The summed E-state index contributed by atoms with van der Waals surface area (Å²) in [5, 5.41) is 0. The van der Waals surface area contributed by atoms with E-state index in [1.54, 1.807) is 11.0 Å². The Morgan fingerprint density at radius 3 is 2.50 bits per heavy atom. The molecule has 0 aliphatic carbocycles. The number of nitrogens with zero attached hydrogens (tertiary/aromatic N) is 3. The average molecular weight is 335 g/mol. The highest BCUT2D eigenvalue weighted by Gasteiger charge is 2.22. The van der Waals surface area contributed by atoms with Gasteiger partial charge in [-0.2, -0.15) is 0 Å². The van der Waals surface area contributed by atoms with E-state index < -0.39 is 0 Å². The molecule has 0 atom stereocenters. The summed E-state index contributed by atoms with van der Waals surface area (Å²) in [7, 11) is 0. The zero-order valence-electron chi connectivity index (χ0n) is 14.9. The van der Waals surface area contributed by atoms with Gasteiger partial charge in [-0.05, 0) is 19.0 Å². The fourth-order valence-electron chi connectivity index (χ4n) is 2.93. The van der Waals surface area contributed by atoms with Crippen molar-refractivity contribution < 1.29 is 14.0 Å². The number of likely N-dealkylation sites (N-methyl/N-ethyl adjacent to an activating group) is 1. The first-order valence-electron chi connectivity index (χ1n) is 8.97. The number of piperazine rings is 1. The molecule has 0 spiro atoms. The van der Waals surface area contributed by atoms with Crippen LogP contribution in [0.1, 0.15) is 43.5 Å². The number of hydrogen-bond acceptors (Lipinski definition) is 4. The van der Waals surface area contributed by atoms with Gasteiger partial charge in [-0.25, -0.2) is 0 Å². The van der Waals surface area contributed by atoms with Crippen LogP contribution in [-0.4, -0.2) is 72.3 Å². The zero-order chi connectivity index (χ0) is 17.4. The van der Waals surface area contributed by atoms with Crippen LogP contribution in [0.5, 0.6) is 0 Å². The predicted octanol–water partition coefficient (Wildman–Crippen LogP) is 2.08. The van der Waals surface area contributed by atoms with Crippen LogP contribution in [-0.2, 0) is 4.79 Å². The Bertz CT molecular complexity index is 508. The highest BCUT2D eigenvalue weighted by Crippen LogP contribution is 2.10. The summed E-state index contributed by atoms with van der Waals surface area (Å²) in [5.41, 5.74) is 0.551. The molecule has 6 nitrogen and oxygen atoms in total. The molecule has 2 heterocycles. The smallest absolute Gasteiger partial charge is 0.257 e. The number of amides is 2. The highest BCUT2D eigenvalue weighted by molar-refractivity contribution is 5.94. The summed E-state index contributed by atoms with van der Waals surface area (Å²) in [6, 6.07) is 1.67. The second kappa shape index (κ2) is 9.47. The van der Waals surface area contributed by atoms with Gasteiger partial charge in [0.15, 0.2) is 0 Å². The minimum Gasteiger partial charge on any atom is -0.472 e. The number of carbonyl (C=O) groups is 2. The van der Waals surface area contributed by atoms with Crippen molar-refractivity contribution in [3.05, 3.63) is 24.2 Å². The molecule has 1 aromatic heterocycles. The van der Waals surface area contributed by atoms with Gasteiger partial charge in [0.1, 0.15) is 6.26 Å². The maximum absolute atomic E-state index is 12.5. The first kappa shape index (κ1) is 18.5. The number of furan rings is 1. The van der Waals surface area contributed by atoms with Gasteiger partial charge in [0.05, 0.1) is 11.8 Å². The molecular weight excluding hydrogens is 306 g/mol. The quantitative estimate of drug-likeness (QED) is 0.730. The second-order valence-electron chi connectivity index (χ2n) is 6.22. The van der Waals surface area contributed by atoms with Gasteiger partial charge >= 0.3 is 0 Å². The molecule has 1 aromatic rings. The monoisotopic (exact) mass is 335 g/mol. The number of rotatable bonds is 8. The molecule has 0 unspecified atom stereocenters. The van der Waals surface area contributed by atoms with Crippen molar-refractivity contribution in [2.75, 3.05) is 45.8 Å². The summed E-state index contributed by atoms with van der Waals surface area (Å²) in [4.78, 5) is 31.0. The molecule has 1 aliphatic heterocycles. The predicted molar refractivity (Wildman–Crippen MR) is 92.8 cm³/mol. The summed E-state index contributed by atoms with van der Waals surface area (Å²) in [6.45, 7) is 9.88. The maximum Gasteiger partial charge on any atom is 0.257 e. The van der Waals surface area contributed by atoms with Crippen molar-refractivity contribution in [2.24, 2.45) is 0 Å². The van der Waals surface area contributed by atoms with Crippen molar-refractivity contribution in [2.45, 2.75) is 33.1 Å². The fourth-order valence-corrected chi connectivity index (χ4v) is 2.93. The van der Waals surface area contributed by atoms with Crippen molar-refractivity contribution >= 4 is 11.8 Å². The van der Waals surface area contributed by atoms with Gasteiger partial charge in [0.25, 0.3) is 5.91 Å². The van der Waals surface area contributed by atoms with Crippen molar-refractivity contribution in [3.8, 4) is 0 Å². The Morgan fingerprint density at radius 2 is 1.92 bits per heavy atom. The molecule has 24 heavy (non-hydrogen) atoms. The fraction of sp³-hybridized carbons (Fsp3) is 0.667. The minimum absolute atomic E-state index is 0.0548. The topological polar surface area (TPSA) is 57.0 Å². The molecule has 0 bridgehead atoms. The zero-order valence-corrected chi connectivity index (χ0v) is 14.9. The lowest BCUT2D eigenvalue weighted by atomic mass is 10.2. The van der Waals surface area contributed by atoms with Gasteiger partial charge < -0.3 is 19.1 Å². The molecule has 6 heteroatoms. The summed E-state index contributed by atoms with van der Waals surface area (Å²) in [5.74, 6) is 0.0908. The number of hydrogen-bond donors (Lipinski definition) is 0. The van der Waals surface area contributed by atoms with E-state index >= 15 is 0 Å². The number of unbranched alkanes of at least 4 members (excludes halogenated alkanes) is 1. The Morgan fingerprint density at radius 1 is 1.17 bits per heavy atom. The molecular formula is C18H29N3O3. The molecule has 0 radical (unpaired) electrons. The van der Waals surface area contributed by atoms with Gasteiger partial charge in [0, 0.05) is 45.7 Å². The molecule has 1 saturated heterocycles. The Kier molecular flexibility index (Phi) is 7.31. The first-order chi connectivity index (χ1) is 11.7. The maximum atomic E-state index is 12.5. The Labute approximate surface area is 144 Å². The van der Waals surface area contributed by atoms with Crippen LogP contribution in [0.4, 0.5) is 0 Å². The van der Waals surface area contributed by atoms with E-state index in [1.165, 1.54) is 12.5 Å². The summed E-state index contributed by atoms with van der Waals surface area (Å²) >= 11 is 0. The van der Waals surface area contributed by atoms with E-state index in [4.69, 9.17) is 4.42 Å². The minimum atomic E-state index is -0.0548. The lowest BCUT2D eigenvalue weighted by molar-refractivity contribution is -0.133. The molecule has 1 aliphatic rings. The van der Waals surface area contributed by atoms with E-state index in [1.807, 2.05) is 4.90 Å². The molecule has 0 aromatic carbocycles. The van der Waals surface area contributed by atoms with Gasteiger partial charge in [-0.1, -0.05) is 20.3 Å². The molecule has 134 valence electrons. The van der Waals surface area contributed by atoms with E-state index in [0.29, 0.717) is 25.1 Å². The van der Waals surface area contributed by atoms with Crippen molar-refractivity contribution in [1.82, 2.24) is 14.7 Å². The van der Waals surface area contributed by atoms with E-state index in [0.717, 1.165) is 45.6 Å². The molecule has 2 rings (SSSR count). The Balaban J connectivity index is 1.85. The normalized spacial score (nSPS) is 15.5.